The maximum Gasteiger partial charge on any atom is 0.118 e. The first kappa shape index (κ1) is 15.4. The highest BCUT2D eigenvalue weighted by Crippen LogP contribution is 2.31. The normalized spacial score (nSPS) is 24.6. The number of nitrogens with one attached hydrogen (secondary N) is 1. The lowest BCUT2D eigenvalue weighted by Crippen LogP contribution is -2.42. The standard InChI is InChI=1S/C18H29NO/c1-13(2)17-7-5-6-8-18(17)19-14(3)15-9-11-16(20-4)12-10-15/h9-14,17-19H,5-8H2,1-4H3/t14-,17?,18?/m1/s1. The Hall–Kier alpha value is -1.02. The van der Waals surface area contributed by atoms with E-state index >= 15 is 0 Å². The Morgan fingerprint density at radius 3 is 2.30 bits per heavy atom. The third-order valence-electron chi connectivity index (χ3n) is 4.76. The average molecular weight is 275 g/mol. The Kier molecular flexibility index (Phi) is 5.47. The maximum absolute atomic E-state index is 5.23. The second kappa shape index (κ2) is 7.12. The van der Waals surface area contributed by atoms with Crippen molar-refractivity contribution in [3.63, 3.8) is 0 Å². The lowest BCUT2D eigenvalue weighted by atomic mass is 9.77. The maximum atomic E-state index is 5.23. The van der Waals surface area contributed by atoms with E-state index in [2.05, 4.69) is 38.2 Å². The molecule has 1 N–H and O–H groups in total. The van der Waals surface area contributed by atoms with E-state index in [4.69, 9.17) is 4.74 Å². The molecule has 3 atom stereocenters. The van der Waals surface area contributed by atoms with E-state index in [1.165, 1.54) is 31.2 Å². The van der Waals surface area contributed by atoms with Gasteiger partial charge in [-0.25, -0.2) is 0 Å². The van der Waals surface area contributed by atoms with Gasteiger partial charge in [0.15, 0.2) is 0 Å². The van der Waals surface area contributed by atoms with Gasteiger partial charge >= 0.3 is 0 Å². The van der Waals surface area contributed by atoms with Crippen LogP contribution in [0.3, 0.4) is 0 Å². The molecule has 0 heterocycles. The van der Waals surface area contributed by atoms with Crippen LogP contribution in [0, 0.1) is 11.8 Å². The summed E-state index contributed by atoms with van der Waals surface area (Å²) in [6.45, 7) is 7.00. The molecule has 0 radical (unpaired) electrons. The summed E-state index contributed by atoms with van der Waals surface area (Å²) in [6, 6.07) is 9.52. The van der Waals surface area contributed by atoms with Crippen LogP contribution >= 0.6 is 0 Å². The van der Waals surface area contributed by atoms with Gasteiger partial charge in [-0.05, 0) is 49.3 Å². The summed E-state index contributed by atoms with van der Waals surface area (Å²) in [6.07, 6.45) is 5.47. The summed E-state index contributed by atoms with van der Waals surface area (Å²) in [5, 5.41) is 3.86. The van der Waals surface area contributed by atoms with Crippen LogP contribution < -0.4 is 10.1 Å². The minimum Gasteiger partial charge on any atom is -0.497 e. The van der Waals surface area contributed by atoms with Gasteiger partial charge < -0.3 is 10.1 Å². The van der Waals surface area contributed by atoms with Gasteiger partial charge in [-0.1, -0.05) is 38.8 Å². The number of hydrogen-bond donors (Lipinski definition) is 1. The summed E-state index contributed by atoms with van der Waals surface area (Å²) in [4.78, 5) is 0. The smallest absolute Gasteiger partial charge is 0.118 e. The van der Waals surface area contributed by atoms with Crippen molar-refractivity contribution in [3.05, 3.63) is 29.8 Å². The molecule has 0 aromatic heterocycles. The summed E-state index contributed by atoms with van der Waals surface area (Å²) in [5.74, 6) is 2.53. The average Bonchev–Trinajstić information content (AvgIpc) is 2.47. The summed E-state index contributed by atoms with van der Waals surface area (Å²) < 4.78 is 5.23. The third-order valence-corrected chi connectivity index (χ3v) is 4.76. The predicted molar refractivity (Wildman–Crippen MR) is 85.1 cm³/mol. The van der Waals surface area contributed by atoms with Gasteiger partial charge in [0.05, 0.1) is 7.11 Å². The van der Waals surface area contributed by atoms with Crippen LogP contribution in [0.25, 0.3) is 0 Å². The van der Waals surface area contributed by atoms with Crippen LogP contribution in [0.2, 0.25) is 0 Å². The highest BCUT2D eigenvalue weighted by atomic mass is 16.5. The van der Waals surface area contributed by atoms with E-state index in [9.17, 15) is 0 Å². The Bertz CT molecular complexity index is 398. The lowest BCUT2D eigenvalue weighted by molar-refractivity contribution is 0.195. The van der Waals surface area contributed by atoms with Crippen molar-refractivity contribution in [2.24, 2.45) is 11.8 Å². The van der Waals surface area contributed by atoms with Gasteiger partial charge in [0.1, 0.15) is 5.75 Å². The molecule has 0 spiro atoms. The van der Waals surface area contributed by atoms with E-state index < -0.39 is 0 Å². The Labute approximate surface area is 123 Å². The molecule has 1 aliphatic carbocycles. The summed E-state index contributed by atoms with van der Waals surface area (Å²) in [7, 11) is 1.71. The predicted octanol–water partition coefficient (Wildman–Crippen LogP) is 4.56. The zero-order valence-electron chi connectivity index (χ0n) is 13.4. The van der Waals surface area contributed by atoms with Crippen LogP contribution in [-0.2, 0) is 0 Å². The Morgan fingerprint density at radius 1 is 1.05 bits per heavy atom. The molecular weight excluding hydrogens is 246 g/mol. The van der Waals surface area contributed by atoms with Gasteiger partial charge in [0, 0.05) is 12.1 Å². The SMILES string of the molecule is COc1ccc([C@@H](C)NC2CCCCC2C(C)C)cc1. The molecule has 1 saturated carbocycles. The first-order valence-electron chi connectivity index (χ1n) is 8.01. The molecule has 0 saturated heterocycles. The van der Waals surface area contributed by atoms with Crippen molar-refractivity contribution in [1.29, 1.82) is 0 Å². The zero-order valence-corrected chi connectivity index (χ0v) is 13.4. The van der Waals surface area contributed by atoms with Crippen LogP contribution in [0.15, 0.2) is 24.3 Å². The van der Waals surface area contributed by atoms with Crippen molar-refractivity contribution in [3.8, 4) is 5.75 Å². The van der Waals surface area contributed by atoms with Gasteiger partial charge in [-0.2, -0.15) is 0 Å². The first-order valence-corrected chi connectivity index (χ1v) is 8.01. The lowest BCUT2D eigenvalue weighted by Gasteiger charge is -2.37. The molecule has 112 valence electrons. The Balaban J connectivity index is 1.99. The molecule has 20 heavy (non-hydrogen) atoms. The molecule has 1 fully saturated rings. The van der Waals surface area contributed by atoms with E-state index in [1.54, 1.807) is 7.11 Å². The molecular formula is C18H29NO. The Morgan fingerprint density at radius 2 is 1.70 bits per heavy atom. The molecule has 0 amide bonds. The molecule has 1 aromatic carbocycles. The van der Waals surface area contributed by atoms with E-state index in [-0.39, 0.29) is 0 Å². The quantitative estimate of drug-likeness (QED) is 0.850. The van der Waals surface area contributed by atoms with Crippen molar-refractivity contribution in [2.75, 3.05) is 7.11 Å². The van der Waals surface area contributed by atoms with Crippen molar-refractivity contribution >= 4 is 0 Å². The number of hydrogen-bond acceptors (Lipinski definition) is 2. The van der Waals surface area contributed by atoms with E-state index in [1.807, 2.05) is 12.1 Å². The number of ether oxygens (including phenoxy) is 1. The molecule has 2 rings (SSSR count). The molecule has 1 aliphatic rings. The van der Waals surface area contributed by atoms with E-state index in [0.29, 0.717) is 12.1 Å². The van der Waals surface area contributed by atoms with Crippen molar-refractivity contribution in [1.82, 2.24) is 5.32 Å². The van der Waals surface area contributed by atoms with Gasteiger partial charge in [0.25, 0.3) is 0 Å². The highest BCUT2D eigenvalue weighted by molar-refractivity contribution is 5.28. The molecule has 2 nitrogen and oxygen atoms in total. The zero-order chi connectivity index (χ0) is 14.5. The number of methoxy groups -OCH3 is 1. The van der Waals surface area contributed by atoms with Crippen LogP contribution in [0.5, 0.6) is 5.75 Å². The first-order chi connectivity index (χ1) is 9.61. The molecule has 0 aliphatic heterocycles. The van der Waals surface area contributed by atoms with Gasteiger partial charge in [-0.15, -0.1) is 0 Å². The molecule has 2 heteroatoms. The number of benzene rings is 1. The second-order valence-electron chi connectivity index (χ2n) is 6.46. The fourth-order valence-corrected chi connectivity index (χ4v) is 3.47. The second-order valence-corrected chi connectivity index (χ2v) is 6.46. The molecule has 2 unspecified atom stereocenters. The van der Waals surface area contributed by atoms with Crippen LogP contribution in [0.4, 0.5) is 0 Å². The minimum absolute atomic E-state index is 0.408. The summed E-state index contributed by atoms with van der Waals surface area (Å²) >= 11 is 0. The fourth-order valence-electron chi connectivity index (χ4n) is 3.47. The largest absolute Gasteiger partial charge is 0.497 e. The topological polar surface area (TPSA) is 21.3 Å². The minimum atomic E-state index is 0.408. The summed E-state index contributed by atoms with van der Waals surface area (Å²) in [5.41, 5.74) is 1.35. The van der Waals surface area contributed by atoms with E-state index in [0.717, 1.165) is 17.6 Å². The monoisotopic (exact) mass is 275 g/mol. The molecule has 0 bridgehead atoms. The molecule has 1 aromatic rings. The van der Waals surface area contributed by atoms with Crippen molar-refractivity contribution < 1.29 is 4.74 Å². The van der Waals surface area contributed by atoms with Crippen LogP contribution in [-0.4, -0.2) is 13.2 Å². The highest BCUT2D eigenvalue weighted by Gasteiger charge is 2.28. The fraction of sp³-hybridized carbons (Fsp3) is 0.667. The number of rotatable bonds is 5. The van der Waals surface area contributed by atoms with Crippen molar-refractivity contribution in [2.45, 2.75) is 58.5 Å². The third kappa shape index (κ3) is 3.76. The van der Waals surface area contributed by atoms with Gasteiger partial charge in [0.2, 0.25) is 0 Å². The van der Waals surface area contributed by atoms with Gasteiger partial charge in [-0.3, -0.25) is 0 Å². The van der Waals surface area contributed by atoms with Crippen LogP contribution in [0.1, 0.15) is 58.1 Å².